The molecule has 0 unspecified atom stereocenters. The summed E-state index contributed by atoms with van der Waals surface area (Å²) < 4.78 is 34.9. The van der Waals surface area contributed by atoms with Crippen molar-refractivity contribution in [3.8, 4) is 0 Å². The van der Waals surface area contributed by atoms with Crippen molar-refractivity contribution in [2.24, 2.45) is 11.8 Å². The molecule has 3 atom stereocenters. The van der Waals surface area contributed by atoms with Gasteiger partial charge in [-0.2, -0.15) is 8.78 Å². The molecule has 0 spiro atoms. The van der Waals surface area contributed by atoms with Crippen LogP contribution in [-0.4, -0.2) is 91.8 Å². The van der Waals surface area contributed by atoms with E-state index in [0.29, 0.717) is 11.0 Å². The van der Waals surface area contributed by atoms with Crippen molar-refractivity contribution in [1.29, 1.82) is 0 Å². The molecule has 1 aliphatic rings. The summed E-state index contributed by atoms with van der Waals surface area (Å²) in [4.78, 5) is 101. The van der Waals surface area contributed by atoms with E-state index in [1.165, 1.54) is 13.8 Å². The van der Waals surface area contributed by atoms with E-state index in [1.807, 2.05) is 0 Å². The molecular weight excluding hydrogens is 604 g/mol. The molecule has 3 amide bonds. The number of hydrogen-bond acceptors (Lipinski definition) is 9. The number of likely N-dealkylation sites (tertiary alicyclic amines) is 1. The van der Waals surface area contributed by atoms with E-state index in [4.69, 9.17) is 5.11 Å². The molecule has 1 fully saturated rings. The first-order valence-electron chi connectivity index (χ1n) is 14.5. The van der Waals surface area contributed by atoms with E-state index in [1.54, 1.807) is 20.8 Å². The Labute approximate surface area is 256 Å². The van der Waals surface area contributed by atoms with E-state index >= 15 is 0 Å². The van der Waals surface area contributed by atoms with Crippen molar-refractivity contribution < 1.29 is 47.4 Å². The van der Waals surface area contributed by atoms with Gasteiger partial charge in [0.25, 0.3) is 5.56 Å². The number of carbonyl (C=O) groups is 6. The highest BCUT2D eigenvalue weighted by atomic mass is 19.3. The Morgan fingerprint density at radius 3 is 2.20 bits per heavy atom. The maximum absolute atomic E-state index is 14.6. The molecule has 0 aliphatic carbocycles. The van der Waals surface area contributed by atoms with E-state index in [0.717, 1.165) is 21.7 Å². The number of carboxylic acids is 1. The number of aliphatic carboxylic acids is 1. The highest BCUT2D eigenvalue weighted by Gasteiger charge is 2.53. The average molecular weight is 644 g/mol. The van der Waals surface area contributed by atoms with Crippen LogP contribution in [0.15, 0.2) is 21.9 Å². The lowest BCUT2D eigenvalue weighted by Crippen LogP contribution is -2.59. The van der Waals surface area contributed by atoms with Gasteiger partial charge in [-0.15, -0.1) is 0 Å². The maximum Gasteiger partial charge on any atom is 0.401 e. The minimum absolute atomic E-state index is 0.0788. The van der Waals surface area contributed by atoms with E-state index < -0.39 is 95.7 Å². The second-order valence-electron chi connectivity index (χ2n) is 11.3. The van der Waals surface area contributed by atoms with Gasteiger partial charge in [0.05, 0.1) is 12.6 Å². The van der Waals surface area contributed by atoms with Gasteiger partial charge in [0.2, 0.25) is 23.5 Å². The van der Waals surface area contributed by atoms with Crippen LogP contribution in [0.3, 0.4) is 0 Å². The highest BCUT2D eigenvalue weighted by molar-refractivity contribution is 6.09. The Balaban J connectivity index is 2.21. The summed E-state index contributed by atoms with van der Waals surface area (Å²) in [6.45, 7) is 5.79. The molecule has 2 rings (SSSR count). The first kappa shape index (κ1) is 36.8. The van der Waals surface area contributed by atoms with Crippen LogP contribution < -0.4 is 21.9 Å². The lowest BCUT2D eigenvalue weighted by atomic mass is 9.95. The zero-order valence-corrected chi connectivity index (χ0v) is 25.7. The van der Waals surface area contributed by atoms with Crippen molar-refractivity contribution in [3.05, 3.63) is 33.1 Å². The maximum atomic E-state index is 14.6. The third-order valence-corrected chi connectivity index (χ3v) is 7.08. The third-order valence-electron chi connectivity index (χ3n) is 7.08. The number of Topliss-reactive ketones (excluding diaryl/α,β-unsaturated/α-hetero) is 1. The molecule has 0 saturated carbocycles. The smallest absolute Gasteiger partial charge is 0.401 e. The van der Waals surface area contributed by atoms with E-state index in [-0.39, 0.29) is 26.0 Å². The molecule has 45 heavy (non-hydrogen) atoms. The van der Waals surface area contributed by atoms with Crippen LogP contribution in [0.25, 0.3) is 0 Å². The second kappa shape index (κ2) is 15.5. The van der Waals surface area contributed by atoms with Crippen molar-refractivity contribution in [2.75, 3.05) is 13.2 Å². The SMILES string of the molecule is CCCOC(=O)C(F)(F)C(=O)[C@@H](NC(=O)[C@@H]1CCCN1C(=O)[C@@H](NC(=O)Cn1ccc(=O)n(CC(=O)O)c1=O)C(C)C)C(C)C. The normalized spacial score (nSPS) is 16.3. The third kappa shape index (κ3) is 9.04. The van der Waals surface area contributed by atoms with Gasteiger partial charge in [0, 0.05) is 18.8 Å². The van der Waals surface area contributed by atoms with Gasteiger partial charge < -0.3 is 25.4 Å². The number of carboxylic acid groups (broad SMARTS) is 1. The Morgan fingerprint density at radius 2 is 1.64 bits per heavy atom. The number of ether oxygens (including phenoxy) is 1. The molecule has 1 aromatic rings. The first-order chi connectivity index (χ1) is 20.9. The number of nitrogens with one attached hydrogen (secondary N) is 2. The molecule has 0 radical (unpaired) electrons. The topological polar surface area (TPSA) is 203 Å². The van der Waals surface area contributed by atoms with Crippen LogP contribution in [0.4, 0.5) is 8.78 Å². The summed E-state index contributed by atoms with van der Waals surface area (Å²) >= 11 is 0. The lowest BCUT2D eigenvalue weighted by molar-refractivity contribution is -0.178. The molecule has 17 heteroatoms. The van der Waals surface area contributed by atoms with Gasteiger partial charge in [-0.25, -0.2) is 14.2 Å². The standard InChI is InChI=1S/C28H39F2N5O10/c1-6-12-45-26(43)28(29,30)23(40)21(15(2)3)32-24(41)17-8-7-10-34(17)25(42)22(16(4)5)31-18(36)13-33-11-9-19(37)35(27(33)44)14-20(38)39/h9,11,15-17,21-22H,6-8,10,12-14H2,1-5H3,(H,31,36)(H,32,41)(H,38,39)/t17-,21-,22-/m0/s1. The monoisotopic (exact) mass is 643 g/mol. The first-order valence-corrected chi connectivity index (χ1v) is 14.5. The van der Waals surface area contributed by atoms with Crippen molar-refractivity contribution in [2.45, 2.75) is 91.0 Å². The fourth-order valence-corrected chi connectivity index (χ4v) is 4.69. The molecular formula is C28H39F2N5O10. The van der Waals surface area contributed by atoms with Crippen LogP contribution in [0, 0.1) is 11.8 Å². The van der Waals surface area contributed by atoms with Crippen LogP contribution >= 0.6 is 0 Å². The summed E-state index contributed by atoms with van der Waals surface area (Å²) in [6, 6.07) is -3.24. The molecule has 0 aromatic carbocycles. The number of aromatic nitrogens is 2. The zero-order valence-electron chi connectivity index (χ0n) is 25.7. The molecule has 0 bridgehead atoms. The number of esters is 1. The summed E-state index contributed by atoms with van der Waals surface area (Å²) in [7, 11) is 0. The Hall–Kier alpha value is -4.44. The van der Waals surface area contributed by atoms with Crippen molar-refractivity contribution >= 4 is 35.4 Å². The summed E-state index contributed by atoms with van der Waals surface area (Å²) in [5, 5.41) is 13.7. The van der Waals surface area contributed by atoms with Crippen LogP contribution in [-0.2, 0) is 46.6 Å². The molecule has 250 valence electrons. The number of alkyl halides is 2. The predicted molar refractivity (Wildman–Crippen MR) is 152 cm³/mol. The van der Waals surface area contributed by atoms with Crippen molar-refractivity contribution in [3.63, 3.8) is 0 Å². The molecule has 2 heterocycles. The highest BCUT2D eigenvalue weighted by Crippen LogP contribution is 2.24. The summed E-state index contributed by atoms with van der Waals surface area (Å²) in [5.74, 6) is -13.6. The van der Waals surface area contributed by atoms with Crippen LogP contribution in [0.1, 0.15) is 53.9 Å². The predicted octanol–water partition coefficient (Wildman–Crippen LogP) is -0.475. The van der Waals surface area contributed by atoms with Crippen LogP contribution in [0.5, 0.6) is 0 Å². The quantitative estimate of drug-likeness (QED) is 0.166. The van der Waals surface area contributed by atoms with E-state index in [2.05, 4.69) is 15.4 Å². The fraction of sp³-hybridized carbons (Fsp3) is 0.643. The number of ketones is 1. The Kier molecular flexibility index (Phi) is 12.7. The number of hydrogen-bond donors (Lipinski definition) is 3. The lowest BCUT2D eigenvalue weighted by Gasteiger charge is -2.32. The van der Waals surface area contributed by atoms with Crippen molar-refractivity contribution in [1.82, 2.24) is 24.7 Å². The van der Waals surface area contributed by atoms with Gasteiger partial charge in [-0.05, 0) is 31.1 Å². The largest absolute Gasteiger partial charge is 0.480 e. The number of amides is 3. The fourth-order valence-electron chi connectivity index (χ4n) is 4.69. The summed E-state index contributed by atoms with van der Waals surface area (Å²) in [5.41, 5.74) is -1.93. The molecule has 3 N–H and O–H groups in total. The Bertz CT molecular complexity index is 1420. The average Bonchev–Trinajstić information content (AvgIpc) is 3.46. The molecule has 15 nitrogen and oxygen atoms in total. The van der Waals surface area contributed by atoms with E-state index in [9.17, 15) is 47.1 Å². The van der Waals surface area contributed by atoms with Gasteiger partial charge >= 0.3 is 23.6 Å². The summed E-state index contributed by atoms with van der Waals surface area (Å²) in [6.07, 6.45) is 1.74. The molecule has 1 aromatic heterocycles. The van der Waals surface area contributed by atoms with Gasteiger partial charge in [0.1, 0.15) is 25.2 Å². The minimum atomic E-state index is -4.52. The number of rotatable bonds is 15. The Morgan fingerprint density at radius 1 is 1.02 bits per heavy atom. The molecule has 1 saturated heterocycles. The van der Waals surface area contributed by atoms with Gasteiger partial charge in [0.15, 0.2) is 0 Å². The zero-order chi connectivity index (χ0) is 34.2. The number of halogens is 2. The number of carbonyl (C=O) groups excluding carboxylic acids is 5. The number of nitrogens with zero attached hydrogens (tertiary/aromatic N) is 3. The van der Waals surface area contributed by atoms with Gasteiger partial charge in [-0.1, -0.05) is 34.6 Å². The minimum Gasteiger partial charge on any atom is -0.480 e. The van der Waals surface area contributed by atoms with Crippen LogP contribution in [0.2, 0.25) is 0 Å². The molecule has 1 aliphatic heterocycles. The van der Waals surface area contributed by atoms with Gasteiger partial charge in [-0.3, -0.25) is 33.3 Å². The second-order valence-corrected chi connectivity index (χ2v) is 11.3.